The zero-order valence-corrected chi connectivity index (χ0v) is 4.14. The Kier molecular flexibility index (Phi) is 2.47. The van der Waals surface area contributed by atoms with Crippen LogP contribution in [0.25, 0.3) is 0 Å². The summed E-state index contributed by atoms with van der Waals surface area (Å²) in [5, 5.41) is 6.04. The summed E-state index contributed by atoms with van der Waals surface area (Å²) < 4.78 is 22.4. The van der Waals surface area contributed by atoms with Gasteiger partial charge in [0, 0.05) is 6.42 Å². The molecule has 0 aliphatic heterocycles. The van der Waals surface area contributed by atoms with Crippen LogP contribution in [0.4, 0.5) is 8.78 Å². The van der Waals surface area contributed by atoms with Gasteiger partial charge in [0.05, 0.1) is 15.7 Å². The van der Waals surface area contributed by atoms with E-state index in [1.807, 2.05) is 0 Å². The van der Waals surface area contributed by atoms with Crippen molar-refractivity contribution in [2.45, 2.75) is 18.2 Å². The third kappa shape index (κ3) is 5.95. The number of aliphatic hydroxyl groups is 1. The van der Waals surface area contributed by atoms with Crippen LogP contribution in [0.3, 0.4) is 0 Å². The third-order valence-corrected chi connectivity index (χ3v) is 0.481. The fraction of sp³-hybridized carbons (Fsp3) is 1.00. The number of hydrogen-bond acceptors (Lipinski definition) is 1. The highest BCUT2D eigenvalue weighted by atomic mass is 19.3. The Bertz CT molecular complexity index is 70.2. The molecule has 0 heterocycles. The Balaban J connectivity index is 3.39. The first-order valence-electron chi connectivity index (χ1n) is 2.00. The van der Waals surface area contributed by atoms with Crippen molar-refractivity contribution in [3.8, 4) is 0 Å². The monoisotopic (exact) mass is 116 g/mol. The lowest BCUT2D eigenvalue weighted by Gasteiger charge is -2.16. The van der Waals surface area contributed by atoms with E-state index in [0.717, 1.165) is 0 Å². The van der Waals surface area contributed by atoms with Crippen LogP contribution >= 0.6 is 0 Å². The van der Waals surface area contributed by atoms with Crippen molar-refractivity contribution in [2.75, 3.05) is 0 Å². The molecule has 0 rings (SSSR count). The standard InChI is InChI=1S/C3H4B2F2O/c4-3(5,8)1-2(6)7/h2,8H,1H2. The second-order valence-corrected chi connectivity index (χ2v) is 1.59. The highest BCUT2D eigenvalue weighted by Gasteiger charge is 2.17. The number of alkyl halides is 2. The highest BCUT2D eigenvalue weighted by molar-refractivity contribution is 6.38. The number of halogens is 2. The second-order valence-electron chi connectivity index (χ2n) is 1.59. The first-order chi connectivity index (χ1) is 3.42. The van der Waals surface area contributed by atoms with Crippen molar-refractivity contribution in [1.29, 1.82) is 0 Å². The smallest absolute Gasteiger partial charge is 0.239 e. The van der Waals surface area contributed by atoms with Crippen molar-refractivity contribution >= 4 is 15.7 Å². The lowest BCUT2D eigenvalue weighted by molar-refractivity contribution is 0.0773. The van der Waals surface area contributed by atoms with E-state index in [0.29, 0.717) is 0 Å². The molecule has 0 aromatic carbocycles. The van der Waals surface area contributed by atoms with Gasteiger partial charge in [-0.05, 0) is 5.40 Å². The van der Waals surface area contributed by atoms with Gasteiger partial charge in [-0.25, -0.2) is 8.78 Å². The molecule has 0 fully saturated rings. The molecular weight excluding hydrogens is 112 g/mol. The van der Waals surface area contributed by atoms with Crippen molar-refractivity contribution < 1.29 is 13.9 Å². The summed E-state index contributed by atoms with van der Waals surface area (Å²) in [6.45, 7) is 0. The van der Waals surface area contributed by atoms with Gasteiger partial charge in [0.2, 0.25) is 6.43 Å². The molecule has 0 unspecified atom stereocenters. The first kappa shape index (κ1) is 7.95. The summed E-state index contributed by atoms with van der Waals surface area (Å²) in [6, 6.07) is 0. The normalized spacial score (nSPS) is 12.5. The van der Waals surface area contributed by atoms with Crippen molar-refractivity contribution in [1.82, 2.24) is 0 Å². The highest BCUT2D eigenvalue weighted by Crippen LogP contribution is 2.07. The maximum atomic E-state index is 11.2. The number of rotatable bonds is 2. The molecule has 4 radical (unpaired) electrons. The van der Waals surface area contributed by atoms with E-state index in [1.165, 1.54) is 0 Å². The van der Waals surface area contributed by atoms with E-state index in [-0.39, 0.29) is 0 Å². The maximum Gasteiger partial charge on any atom is 0.239 e. The molecule has 0 aliphatic rings. The van der Waals surface area contributed by atoms with Crippen LogP contribution in [0.1, 0.15) is 6.42 Å². The average molecular weight is 116 g/mol. The molecule has 0 bridgehead atoms. The molecule has 0 aliphatic carbocycles. The quantitative estimate of drug-likeness (QED) is 0.487. The van der Waals surface area contributed by atoms with E-state index in [2.05, 4.69) is 15.7 Å². The molecule has 1 N–H and O–H groups in total. The Morgan fingerprint density at radius 2 is 1.88 bits per heavy atom. The minimum Gasteiger partial charge on any atom is -0.409 e. The van der Waals surface area contributed by atoms with Gasteiger partial charge in [0.1, 0.15) is 0 Å². The minimum atomic E-state index is -2.66. The summed E-state index contributed by atoms with van der Waals surface area (Å²) in [4.78, 5) is 0. The molecule has 0 saturated heterocycles. The lowest BCUT2D eigenvalue weighted by Crippen LogP contribution is -2.31. The summed E-state index contributed by atoms with van der Waals surface area (Å²) in [6.07, 6.45) is -3.55. The molecule has 0 spiro atoms. The minimum absolute atomic E-state index is 0.896. The van der Waals surface area contributed by atoms with Crippen molar-refractivity contribution in [3.05, 3.63) is 0 Å². The summed E-state index contributed by atoms with van der Waals surface area (Å²) in [5.74, 6) is 0. The molecule has 0 amide bonds. The Hall–Kier alpha value is -0.0501. The Labute approximate surface area is 48.9 Å². The SMILES string of the molecule is [B]C([B])(O)CC(F)F. The topological polar surface area (TPSA) is 20.2 Å². The fourth-order valence-electron chi connectivity index (χ4n) is 0.247. The van der Waals surface area contributed by atoms with E-state index in [1.54, 1.807) is 0 Å². The van der Waals surface area contributed by atoms with E-state index >= 15 is 0 Å². The zero-order valence-electron chi connectivity index (χ0n) is 4.14. The van der Waals surface area contributed by atoms with Crippen LogP contribution in [-0.2, 0) is 0 Å². The summed E-state index contributed by atoms with van der Waals surface area (Å²) in [5.41, 5.74) is 0. The third-order valence-electron chi connectivity index (χ3n) is 0.481. The first-order valence-corrected chi connectivity index (χ1v) is 2.00. The van der Waals surface area contributed by atoms with Crippen LogP contribution in [0.5, 0.6) is 0 Å². The second kappa shape index (κ2) is 2.49. The number of hydrogen-bond donors (Lipinski definition) is 1. The van der Waals surface area contributed by atoms with Gasteiger partial charge in [-0.3, -0.25) is 0 Å². The van der Waals surface area contributed by atoms with Gasteiger partial charge in [-0.2, -0.15) is 0 Å². The van der Waals surface area contributed by atoms with Gasteiger partial charge in [-0.1, -0.05) is 0 Å². The Morgan fingerprint density at radius 1 is 1.50 bits per heavy atom. The van der Waals surface area contributed by atoms with Crippen LogP contribution in [0.2, 0.25) is 0 Å². The molecule has 8 heavy (non-hydrogen) atoms. The van der Waals surface area contributed by atoms with E-state index in [4.69, 9.17) is 5.11 Å². The van der Waals surface area contributed by atoms with Crippen LogP contribution in [-0.4, -0.2) is 32.6 Å². The van der Waals surface area contributed by atoms with Gasteiger partial charge >= 0.3 is 0 Å². The predicted octanol–water partition coefficient (Wildman–Crippen LogP) is -0.375. The van der Waals surface area contributed by atoms with Crippen LogP contribution in [0.15, 0.2) is 0 Å². The lowest BCUT2D eigenvalue weighted by atomic mass is 9.64. The average Bonchev–Trinajstić information content (AvgIpc) is 1.21. The zero-order chi connectivity index (χ0) is 6.78. The molecule has 0 saturated carbocycles. The van der Waals surface area contributed by atoms with Gasteiger partial charge < -0.3 is 5.11 Å². The van der Waals surface area contributed by atoms with Crippen molar-refractivity contribution in [3.63, 3.8) is 0 Å². The Morgan fingerprint density at radius 3 is 1.88 bits per heavy atom. The van der Waals surface area contributed by atoms with E-state index in [9.17, 15) is 8.78 Å². The molecule has 5 heteroatoms. The molecular formula is C3H4B2F2O. The van der Waals surface area contributed by atoms with Gasteiger partial charge in [-0.15, -0.1) is 0 Å². The molecule has 1 nitrogen and oxygen atoms in total. The van der Waals surface area contributed by atoms with Crippen LogP contribution in [0, 0.1) is 0 Å². The molecule has 42 valence electrons. The fourth-order valence-corrected chi connectivity index (χ4v) is 0.247. The van der Waals surface area contributed by atoms with Crippen LogP contribution < -0.4 is 0 Å². The van der Waals surface area contributed by atoms with Gasteiger partial charge in [0.15, 0.2) is 0 Å². The van der Waals surface area contributed by atoms with Crippen molar-refractivity contribution in [2.24, 2.45) is 0 Å². The van der Waals surface area contributed by atoms with E-state index < -0.39 is 18.2 Å². The summed E-state index contributed by atoms with van der Waals surface area (Å²) in [7, 11) is 9.18. The van der Waals surface area contributed by atoms with Gasteiger partial charge in [0.25, 0.3) is 0 Å². The largest absolute Gasteiger partial charge is 0.409 e. The molecule has 0 aromatic heterocycles. The maximum absolute atomic E-state index is 11.2. The molecule has 0 atom stereocenters. The predicted molar refractivity (Wildman–Crippen MR) is 27.1 cm³/mol. The summed E-state index contributed by atoms with van der Waals surface area (Å²) >= 11 is 0. The molecule has 0 aromatic rings.